The van der Waals surface area contributed by atoms with Gasteiger partial charge in [-0.3, -0.25) is 0 Å². The molecule has 0 amide bonds. The van der Waals surface area contributed by atoms with Crippen LogP contribution in [0.4, 0.5) is 11.5 Å². The highest BCUT2D eigenvalue weighted by molar-refractivity contribution is 7.99. The van der Waals surface area contributed by atoms with Gasteiger partial charge in [-0.15, -0.1) is 0 Å². The summed E-state index contributed by atoms with van der Waals surface area (Å²) in [6, 6.07) is 3.73. The van der Waals surface area contributed by atoms with Crippen LogP contribution < -0.4 is 11.1 Å². The van der Waals surface area contributed by atoms with E-state index in [1.54, 1.807) is 6.20 Å². The SMILES string of the molecule is Nc1cccnc1NCC1CCSC1. The molecule has 14 heavy (non-hydrogen) atoms. The number of thioether (sulfide) groups is 1. The van der Waals surface area contributed by atoms with E-state index in [1.165, 1.54) is 17.9 Å². The fraction of sp³-hybridized carbons (Fsp3) is 0.500. The van der Waals surface area contributed by atoms with Gasteiger partial charge in [-0.1, -0.05) is 0 Å². The molecule has 0 aromatic carbocycles. The van der Waals surface area contributed by atoms with Crippen molar-refractivity contribution in [1.82, 2.24) is 4.98 Å². The number of nitrogens with two attached hydrogens (primary N) is 1. The lowest BCUT2D eigenvalue weighted by Gasteiger charge is -2.11. The van der Waals surface area contributed by atoms with Gasteiger partial charge >= 0.3 is 0 Å². The van der Waals surface area contributed by atoms with Crippen molar-refractivity contribution in [2.45, 2.75) is 6.42 Å². The molecule has 1 fully saturated rings. The lowest BCUT2D eigenvalue weighted by Crippen LogP contribution is -2.15. The smallest absolute Gasteiger partial charge is 0.149 e. The van der Waals surface area contributed by atoms with Crippen molar-refractivity contribution in [3.05, 3.63) is 18.3 Å². The van der Waals surface area contributed by atoms with Crippen LogP contribution in [0.3, 0.4) is 0 Å². The van der Waals surface area contributed by atoms with Gasteiger partial charge in [0.15, 0.2) is 0 Å². The van der Waals surface area contributed by atoms with Gasteiger partial charge in [-0.25, -0.2) is 4.98 Å². The first-order valence-corrected chi connectivity index (χ1v) is 6.04. The number of nitrogens with one attached hydrogen (secondary N) is 1. The van der Waals surface area contributed by atoms with Crippen molar-refractivity contribution >= 4 is 23.3 Å². The highest BCUT2D eigenvalue weighted by Crippen LogP contribution is 2.24. The Labute approximate surface area is 88.5 Å². The molecule has 1 aromatic rings. The van der Waals surface area contributed by atoms with Crippen LogP contribution in [0.2, 0.25) is 0 Å². The molecule has 1 unspecified atom stereocenters. The topological polar surface area (TPSA) is 50.9 Å². The summed E-state index contributed by atoms with van der Waals surface area (Å²) in [6.45, 7) is 0.994. The number of rotatable bonds is 3. The molecular formula is C10H15N3S. The van der Waals surface area contributed by atoms with Crippen LogP contribution in [-0.4, -0.2) is 23.0 Å². The molecule has 1 saturated heterocycles. The number of nitrogens with zero attached hydrogens (tertiary/aromatic N) is 1. The van der Waals surface area contributed by atoms with Crippen molar-refractivity contribution in [2.75, 3.05) is 29.1 Å². The van der Waals surface area contributed by atoms with Crippen LogP contribution in [0, 0.1) is 5.92 Å². The summed E-state index contributed by atoms with van der Waals surface area (Å²) < 4.78 is 0. The standard InChI is InChI=1S/C10H15N3S/c11-9-2-1-4-12-10(9)13-6-8-3-5-14-7-8/h1-2,4,8H,3,5-7,11H2,(H,12,13). The Morgan fingerprint density at radius 1 is 1.64 bits per heavy atom. The number of hydrogen-bond donors (Lipinski definition) is 2. The van der Waals surface area contributed by atoms with Crippen molar-refractivity contribution in [2.24, 2.45) is 5.92 Å². The van der Waals surface area contributed by atoms with Crippen LogP contribution >= 0.6 is 11.8 Å². The maximum absolute atomic E-state index is 5.78. The third kappa shape index (κ3) is 2.32. The fourth-order valence-corrected chi connectivity index (χ4v) is 2.84. The lowest BCUT2D eigenvalue weighted by molar-refractivity contribution is 0.631. The normalized spacial score (nSPS) is 21.0. The molecular weight excluding hydrogens is 194 g/mol. The number of anilines is 2. The van der Waals surface area contributed by atoms with E-state index in [4.69, 9.17) is 5.73 Å². The highest BCUT2D eigenvalue weighted by Gasteiger charge is 2.15. The Bertz CT molecular complexity index is 297. The van der Waals surface area contributed by atoms with Gasteiger partial charge in [-0.05, 0) is 36.0 Å². The maximum Gasteiger partial charge on any atom is 0.149 e. The summed E-state index contributed by atoms with van der Waals surface area (Å²) in [5.41, 5.74) is 6.51. The molecule has 1 aliphatic heterocycles. The second-order valence-electron chi connectivity index (χ2n) is 3.55. The second kappa shape index (κ2) is 4.55. The molecule has 1 aliphatic rings. The zero-order chi connectivity index (χ0) is 9.80. The van der Waals surface area contributed by atoms with Gasteiger partial charge < -0.3 is 11.1 Å². The van der Waals surface area contributed by atoms with Gasteiger partial charge in [0.1, 0.15) is 5.82 Å². The Morgan fingerprint density at radius 2 is 2.57 bits per heavy atom. The van der Waals surface area contributed by atoms with E-state index >= 15 is 0 Å². The summed E-state index contributed by atoms with van der Waals surface area (Å²) in [5, 5.41) is 3.31. The van der Waals surface area contributed by atoms with Gasteiger partial charge in [0, 0.05) is 12.7 Å². The Hall–Kier alpha value is -0.900. The fourth-order valence-electron chi connectivity index (χ4n) is 1.55. The number of nitrogen functional groups attached to an aromatic ring is 1. The van der Waals surface area contributed by atoms with Crippen molar-refractivity contribution in [1.29, 1.82) is 0 Å². The lowest BCUT2D eigenvalue weighted by atomic mass is 10.1. The van der Waals surface area contributed by atoms with E-state index in [0.29, 0.717) is 0 Å². The van der Waals surface area contributed by atoms with Crippen LogP contribution in [0.1, 0.15) is 6.42 Å². The largest absolute Gasteiger partial charge is 0.396 e. The zero-order valence-corrected chi connectivity index (χ0v) is 8.89. The minimum Gasteiger partial charge on any atom is -0.396 e. The molecule has 0 aliphatic carbocycles. The first-order valence-electron chi connectivity index (χ1n) is 4.88. The van der Waals surface area contributed by atoms with E-state index < -0.39 is 0 Å². The highest BCUT2D eigenvalue weighted by atomic mass is 32.2. The molecule has 2 heterocycles. The molecule has 1 atom stereocenters. The molecule has 1 aromatic heterocycles. The van der Waals surface area contributed by atoms with Crippen LogP contribution in [0.5, 0.6) is 0 Å². The minimum absolute atomic E-state index is 0.734. The molecule has 3 nitrogen and oxygen atoms in total. The van der Waals surface area contributed by atoms with Gasteiger partial charge in [0.2, 0.25) is 0 Å². The Morgan fingerprint density at radius 3 is 3.29 bits per heavy atom. The van der Waals surface area contributed by atoms with E-state index in [9.17, 15) is 0 Å². The number of pyridine rings is 1. The molecule has 0 radical (unpaired) electrons. The third-order valence-electron chi connectivity index (χ3n) is 2.42. The van der Waals surface area contributed by atoms with E-state index in [0.717, 1.165) is 24.0 Å². The predicted molar refractivity (Wildman–Crippen MR) is 62.6 cm³/mol. The Kier molecular flexibility index (Phi) is 3.14. The molecule has 76 valence electrons. The first kappa shape index (κ1) is 9.65. The average molecular weight is 209 g/mol. The molecule has 0 bridgehead atoms. The summed E-state index contributed by atoms with van der Waals surface area (Å²) in [4.78, 5) is 4.20. The van der Waals surface area contributed by atoms with Gasteiger partial charge in [0.25, 0.3) is 0 Å². The third-order valence-corrected chi connectivity index (χ3v) is 3.65. The monoisotopic (exact) mass is 209 g/mol. The average Bonchev–Trinajstić information content (AvgIpc) is 2.69. The zero-order valence-electron chi connectivity index (χ0n) is 8.07. The molecule has 3 N–H and O–H groups in total. The number of hydrogen-bond acceptors (Lipinski definition) is 4. The summed E-state index contributed by atoms with van der Waals surface area (Å²) in [5.74, 6) is 4.16. The van der Waals surface area contributed by atoms with Gasteiger partial charge in [0.05, 0.1) is 5.69 Å². The first-order chi connectivity index (χ1) is 6.86. The van der Waals surface area contributed by atoms with Crippen molar-refractivity contribution < 1.29 is 0 Å². The van der Waals surface area contributed by atoms with Crippen LogP contribution in [0.25, 0.3) is 0 Å². The molecule has 2 rings (SSSR count). The Balaban J connectivity index is 1.88. The van der Waals surface area contributed by atoms with E-state index in [1.807, 2.05) is 23.9 Å². The maximum atomic E-state index is 5.78. The van der Waals surface area contributed by atoms with Gasteiger partial charge in [-0.2, -0.15) is 11.8 Å². The quantitative estimate of drug-likeness (QED) is 0.797. The van der Waals surface area contributed by atoms with E-state index in [2.05, 4.69) is 10.3 Å². The van der Waals surface area contributed by atoms with Crippen molar-refractivity contribution in [3.63, 3.8) is 0 Å². The molecule has 0 saturated carbocycles. The molecule has 4 heteroatoms. The number of aromatic nitrogens is 1. The minimum atomic E-state index is 0.734. The molecule has 0 spiro atoms. The summed E-state index contributed by atoms with van der Waals surface area (Å²) in [7, 11) is 0. The summed E-state index contributed by atoms with van der Waals surface area (Å²) >= 11 is 2.03. The van der Waals surface area contributed by atoms with Crippen LogP contribution in [-0.2, 0) is 0 Å². The second-order valence-corrected chi connectivity index (χ2v) is 4.70. The van der Waals surface area contributed by atoms with E-state index in [-0.39, 0.29) is 0 Å². The predicted octanol–water partition coefficient (Wildman–Crippen LogP) is 1.83. The van der Waals surface area contributed by atoms with Crippen LogP contribution in [0.15, 0.2) is 18.3 Å². The summed E-state index contributed by atoms with van der Waals surface area (Å²) in [6.07, 6.45) is 3.08. The van der Waals surface area contributed by atoms with Crippen molar-refractivity contribution in [3.8, 4) is 0 Å².